The van der Waals surface area contributed by atoms with Gasteiger partial charge in [-0.3, -0.25) is 9.80 Å². The molecule has 3 amide bonds. The molecule has 0 aromatic carbocycles. The summed E-state index contributed by atoms with van der Waals surface area (Å²) in [6.07, 6.45) is 3.80. The lowest BCUT2D eigenvalue weighted by Gasteiger charge is -2.48. The van der Waals surface area contributed by atoms with Crippen LogP contribution in [0.1, 0.15) is 46.0 Å². The summed E-state index contributed by atoms with van der Waals surface area (Å²) in [7, 11) is 1.55. The number of carbonyl (C=O) groups excluding carboxylic acids is 2. The summed E-state index contributed by atoms with van der Waals surface area (Å²) in [5.41, 5.74) is 2.18. The number of aryl methyl sites for hydroxylation is 1. The maximum Gasteiger partial charge on any atom is 0.410 e. The number of fused-ring (bicyclic) bond motifs is 2. The summed E-state index contributed by atoms with van der Waals surface area (Å²) in [6.45, 7) is 13.8. The molecule has 5 heterocycles. The van der Waals surface area contributed by atoms with Crippen molar-refractivity contribution in [3.63, 3.8) is 0 Å². The molecule has 0 bridgehead atoms. The van der Waals surface area contributed by atoms with Crippen molar-refractivity contribution in [3.05, 3.63) is 35.9 Å². The predicted molar refractivity (Wildman–Crippen MR) is 148 cm³/mol. The van der Waals surface area contributed by atoms with Crippen molar-refractivity contribution in [3.8, 4) is 5.75 Å². The molecule has 0 spiro atoms. The van der Waals surface area contributed by atoms with E-state index in [1.54, 1.807) is 46.8 Å². The lowest BCUT2D eigenvalue weighted by Crippen LogP contribution is -2.62. The first-order valence-electron chi connectivity index (χ1n) is 13.1. The van der Waals surface area contributed by atoms with Crippen molar-refractivity contribution >= 4 is 35.0 Å². The minimum Gasteiger partial charge on any atom is -0.494 e. The number of methoxy groups -OCH3 is 1. The Kier molecular flexibility index (Phi) is 6.51. The fourth-order valence-electron chi connectivity index (χ4n) is 5.25. The molecule has 39 heavy (non-hydrogen) atoms. The molecular formula is C27H36N8O4. The third-order valence-electron chi connectivity index (χ3n) is 6.95. The molecule has 12 nitrogen and oxygen atoms in total. The Labute approximate surface area is 227 Å². The standard InChI is InChI=1S/C27H36N8O4/c1-17-29-22-14-21(38-7)19(15-35(22)31-17)30-24(36)33-11-9-18-20(8-10-28-23(18)33)32-12-13-34(27(5,6)16-32)25(37)39-26(2,3)4/h8,10,14-15H,9,11-13,16H2,1-7H3,(H,30,36). The molecule has 0 radical (unpaired) electrons. The van der Waals surface area contributed by atoms with Gasteiger partial charge in [0.2, 0.25) is 0 Å². The highest BCUT2D eigenvalue weighted by atomic mass is 16.6. The minimum atomic E-state index is -0.551. The highest BCUT2D eigenvalue weighted by Crippen LogP contribution is 2.37. The van der Waals surface area contributed by atoms with Gasteiger partial charge in [0.1, 0.15) is 28.7 Å². The molecule has 1 fully saturated rings. The van der Waals surface area contributed by atoms with Crippen LogP contribution in [0.2, 0.25) is 0 Å². The summed E-state index contributed by atoms with van der Waals surface area (Å²) < 4.78 is 12.8. The van der Waals surface area contributed by atoms with Crippen molar-refractivity contribution in [1.82, 2.24) is 24.5 Å². The fourth-order valence-corrected chi connectivity index (χ4v) is 5.25. The molecule has 208 valence electrons. The summed E-state index contributed by atoms with van der Waals surface area (Å²) >= 11 is 0. The minimum absolute atomic E-state index is 0.301. The number of hydrogen-bond acceptors (Lipinski definition) is 8. The summed E-state index contributed by atoms with van der Waals surface area (Å²) in [5.74, 6) is 1.75. The van der Waals surface area contributed by atoms with E-state index < -0.39 is 11.1 Å². The molecule has 0 unspecified atom stereocenters. The first-order chi connectivity index (χ1) is 18.4. The largest absolute Gasteiger partial charge is 0.494 e. The molecule has 2 aliphatic rings. The van der Waals surface area contributed by atoms with Crippen LogP contribution < -0.4 is 19.9 Å². The van der Waals surface area contributed by atoms with Gasteiger partial charge in [0, 0.05) is 49.7 Å². The Balaban J connectivity index is 1.35. The molecule has 1 saturated heterocycles. The van der Waals surface area contributed by atoms with Crippen LogP contribution in [0.3, 0.4) is 0 Å². The number of carbonyl (C=O) groups is 2. The average Bonchev–Trinajstić information content (AvgIpc) is 3.43. The van der Waals surface area contributed by atoms with E-state index in [4.69, 9.17) is 9.47 Å². The third-order valence-corrected chi connectivity index (χ3v) is 6.95. The van der Waals surface area contributed by atoms with Crippen LogP contribution in [0.25, 0.3) is 5.65 Å². The Morgan fingerprint density at radius 1 is 1.15 bits per heavy atom. The third kappa shape index (κ3) is 5.15. The van der Waals surface area contributed by atoms with Crippen LogP contribution in [-0.4, -0.2) is 81.0 Å². The van der Waals surface area contributed by atoms with Crippen molar-refractivity contribution in [2.75, 3.05) is 48.4 Å². The number of anilines is 3. The number of hydrogen-bond donors (Lipinski definition) is 1. The van der Waals surface area contributed by atoms with E-state index in [1.165, 1.54) is 0 Å². The zero-order valence-corrected chi connectivity index (χ0v) is 23.6. The molecule has 5 rings (SSSR count). The van der Waals surface area contributed by atoms with Crippen molar-refractivity contribution < 1.29 is 19.1 Å². The van der Waals surface area contributed by atoms with E-state index in [1.807, 2.05) is 40.7 Å². The van der Waals surface area contributed by atoms with Gasteiger partial charge in [-0.15, -0.1) is 0 Å². The quantitative estimate of drug-likeness (QED) is 0.536. The Morgan fingerprint density at radius 3 is 2.62 bits per heavy atom. The van der Waals surface area contributed by atoms with Crippen molar-refractivity contribution in [2.24, 2.45) is 0 Å². The van der Waals surface area contributed by atoms with Gasteiger partial charge < -0.3 is 19.7 Å². The number of pyridine rings is 2. The van der Waals surface area contributed by atoms with E-state index in [9.17, 15) is 9.59 Å². The Morgan fingerprint density at radius 2 is 1.92 bits per heavy atom. The highest BCUT2D eigenvalue weighted by Gasteiger charge is 2.40. The summed E-state index contributed by atoms with van der Waals surface area (Å²) in [5, 5.41) is 7.29. The number of aromatic nitrogens is 4. The number of nitrogens with one attached hydrogen (secondary N) is 1. The Bertz CT molecular complexity index is 1430. The van der Waals surface area contributed by atoms with Gasteiger partial charge in [0.05, 0.1) is 18.8 Å². The molecule has 12 heteroatoms. The first-order valence-corrected chi connectivity index (χ1v) is 13.1. The zero-order chi connectivity index (χ0) is 28.1. The van der Waals surface area contributed by atoms with Gasteiger partial charge in [0.15, 0.2) is 5.65 Å². The highest BCUT2D eigenvalue weighted by molar-refractivity contribution is 6.03. The number of rotatable bonds is 3. The molecule has 0 saturated carbocycles. The van der Waals surface area contributed by atoms with Crippen LogP contribution in [0.15, 0.2) is 24.5 Å². The molecule has 0 aliphatic carbocycles. The van der Waals surface area contributed by atoms with Crippen LogP contribution in [-0.2, 0) is 11.2 Å². The number of nitrogens with zero attached hydrogens (tertiary/aromatic N) is 7. The lowest BCUT2D eigenvalue weighted by atomic mass is 9.98. The van der Waals surface area contributed by atoms with Gasteiger partial charge in [-0.25, -0.2) is 24.1 Å². The first kappa shape index (κ1) is 26.5. The van der Waals surface area contributed by atoms with E-state index in [0.717, 1.165) is 11.3 Å². The van der Waals surface area contributed by atoms with Crippen molar-refractivity contribution in [1.29, 1.82) is 0 Å². The van der Waals surface area contributed by atoms with E-state index in [0.29, 0.717) is 61.3 Å². The molecule has 0 atom stereocenters. The maximum atomic E-state index is 13.4. The van der Waals surface area contributed by atoms with Gasteiger partial charge in [-0.05, 0) is 54.0 Å². The smallest absolute Gasteiger partial charge is 0.410 e. The van der Waals surface area contributed by atoms with Gasteiger partial charge in [-0.2, -0.15) is 5.10 Å². The maximum absolute atomic E-state index is 13.4. The zero-order valence-electron chi connectivity index (χ0n) is 23.6. The van der Waals surface area contributed by atoms with Gasteiger partial charge in [-0.1, -0.05) is 0 Å². The SMILES string of the molecule is COc1cc2nc(C)nn2cc1NC(=O)N1CCc2c(N3CCN(C(=O)OC(C)(C)C)C(C)(C)C3)ccnc21. The van der Waals surface area contributed by atoms with Crippen LogP contribution in [0.5, 0.6) is 5.75 Å². The Hall–Kier alpha value is -4.09. The number of piperazine rings is 1. The van der Waals surface area contributed by atoms with Crippen LogP contribution in [0, 0.1) is 6.92 Å². The second-order valence-corrected chi connectivity index (χ2v) is 11.5. The van der Waals surface area contributed by atoms with E-state index in [2.05, 4.69) is 25.3 Å². The normalized spacial score (nSPS) is 16.8. The van der Waals surface area contributed by atoms with E-state index in [-0.39, 0.29) is 12.1 Å². The van der Waals surface area contributed by atoms with Crippen LogP contribution >= 0.6 is 0 Å². The number of amides is 3. The van der Waals surface area contributed by atoms with Gasteiger partial charge in [0.25, 0.3) is 0 Å². The molecule has 2 aliphatic heterocycles. The lowest BCUT2D eigenvalue weighted by molar-refractivity contribution is 0.000363. The van der Waals surface area contributed by atoms with Crippen molar-refractivity contribution in [2.45, 2.75) is 59.1 Å². The number of ether oxygens (including phenoxy) is 2. The molecule has 3 aromatic rings. The predicted octanol–water partition coefficient (Wildman–Crippen LogP) is 3.87. The monoisotopic (exact) mass is 536 g/mol. The summed E-state index contributed by atoms with van der Waals surface area (Å²) in [4.78, 5) is 40.9. The number of urea groups is 1. The molecule has 1 N–H and O–H groups in total. The topological polar surface area (TPSA) is 117 Å². The van der Waals surface area contributed by atoms with Gasteiger partial charge >= 0.3 is 12.1 Å². The second-order valence-electron chi connectivity index (χ2n) is 11.5. The molecule has 3 aromatic heterocycles. The van der Waals surface area contributed by atoms with E-state index >= 15 is 0 Å². The summed E-state index contributed by atoms with van der Waals surface area (Å²) in [6, 6.07) is 3.43. The molecular weight excluding hydrogens is 500 g/mol. The fraction of sp³-hybridized carbons (Fsp3) is 0.519. The average molecular weight is 537 g/mol. The van der Waals surface area contributed by atoms with Crippen LogP contribution in [0.4, 0.5) is 26.8 Å². The second kappa shape index (κ2) is 9.58.